The van der Waals surface area contributed by atoms with Crippen molar-refractivity contribution in [1.82, 2.24) is 4.98 Å². The van der Waals surface area contributed by atoms with Crippen LogP contribution < -0.4 is 0 Å². The number of oxazole rings is 1. The molecule has 0 amide bonds. The van der Waals surface area contributed by atoms with Crippen molar-refractivity contribution in [3.05, 3.63) is 76.7 Å². The molecule has 0 N–H and O–H groups in total. The molecule has 27 heavy (non-hydrogen) atoms. The second kappa shape index (κ2) is 7.58. The normalized spacial score (nSPS) is 11.9. The van der Waals surface area contributed by atoms with Gasteiger partial charge in [-0.3, -0.25) is 4.79 Å². The zero-order valence-electron chi connectivity index (χ0n) is 15.8. The third kappa shape index (κ3) is 3.97. The number of ether oxygens (including phenoxy) is 1. The second-order valence-corrected chi connectivity index (χ2v) is 6.50. The van der Waals surface area contributed by atoms with E-state index < -0.39 is 12.1 Å². The highest BCUT2D eigenvalue weighted by Crippen LogP contribution is 2.22. The van der Waals surface area contributed by atoms with Crippen LogP contribution in [0.5, 0.6) is 0 Å². The van der Waals surface area contributed by atoms with E-state index in [0.717, 1.165) is 16.7 Å². The lowest BCUT2D eigenvalue weighted by atomic mass is 10.0. The fraction of sp³-hybridized carbons (Fsp3) is 0.227. The van der Waals surface area contributed by atoms with Crippen molar-refractivity contribution in [2.24, 2.45) is 0 Å². The van der Waals surface area contributed by atoms with Crippen LogP contribution in [0.25, 0.3) is 11.5 Å². The highest BCUT2D eigenvalue weighted by atomic mass is 16.5. The minimum absolute atomic E-state index is 0.0774. The molecule has 138 valence electrons. The summed E-state index contributed by atoms with van der Waals surface area (Å²) in [5.41, 5.74) is 3.47. The van der Waals surface area contributed by atoms with Crippen LogP contribution in [0.15, 0.2) is 52.9 Å². The van der Waals surface area contributed by atoms with Gasteiger partial charge in [-0.1, -0.05) is 30.3 Å². The van der Waals surface area contributed by atoms with Crippen LogP contribution in [0.2, 0.25) is 0 Å². The Morgan fingerprint density at radius 3 is 2.37 bits per heavy atom. The van der Waals surface area contributed by atoms with Crippen molar-refractivity contribution < 1.29 is 18.7 Å². The van der Waals surface area contributed by atoms with Crippen LogP contribution in [-0.2, 0) is 4.74 Å². The van der Waals surface area contributed by atoms with Crippen molar-refractivity contribution in [1.29, 1.82) is 0 Å². The molecule has 0 saturated carbocycles. The highest BCUT2D eigenvalue weighted by Gasteiger charge is 2.25. The number of benzene rings is 2. The number of nitrogens with zero attached hydrogens (tertiary/aromatic N) is 1. The predicted molar refractivity (Wildman–Crippen MR) is 102 cm³/mol. The zero-order chi connectivity index (χ0) is 19.6. The number of Topliss-reactive ketones (excluding diaryl/α,β-unsaturated/α-hetero) is 1. The van der Waals surface area contributed by atoms with E-state index >= 15 is 0 Å². The van der Waals surface area contributed by atoms with Gasteiger partial charge in [-0.25, -0.2) is 9.78 Å². The van der Waals surface area contributed by atoms with Crippen LogP contribution in [-0.4, -0.2) is 22.8 Å². The van der Waals surface area contributed by atoms with Crippen molar-refractivity contribution in [3.8, 4) is 11.5 Å². The topological polar surface area (TPSA) is 69.4 Å². The Morgan fingerprint density at radius 1 is 1.00 bits per heavy atom. The molecule has 0 aliphatic rings. The Bertz CT molecular complexity index is 989. The Balaban J connectivity index is 1.76. The molecule has 0 unspecified atom stereocenters. The van der Waals surface area contributed by atoms with Gasteiger partial charge in [0.25, 0.3) is 0 Å². The largest absolute Gasteiger partial charge is 0.449 e. The molecule has 0 spiro atoms. The summed E-state index contributed by atoms with van der Waals surface area (Å²) in [6.45, 7) is 7.12. The molecule has 1 heterocycles. The molecular formula is C22H21NO4. The van der Waals surface area contributed by atoms with Crippen LogP contribution in [0, 0.1) is 20.8 Å². The number of hydrogen-bond donors (Lipinski definition) is 0. The number of carbonyl (C=O) groups excluding carboxylic acids is 2. The summed E-state index contributed by atoms with van der Waals surface area (Å²) in [4.78, 5) is 29.3. The van der Waals surface area contributed by atoms with Gasteiger partial charge in [-0.15, -0.1) is 0 Å². The van der Waals surface area contributed by atoms with E-state index in [9.17, 15) is 9.59 Å². The van der Waals surface area contributed by atoms with Gasteiger partial charge in [0.1, 0.15) is 5.76 Å². The molecule has 0 radical (unpaired) electrons. The van der Waals surface area contributed by atoms with E-state index in [0.29, 0.717) is 17.2 Å². The third-order valence-electron chi connectivity index (χ3n) is 4.46. The van der Waals surface area contributed by atoms with Gasteiger partial charge in [0.15, 0.2) is 11.8 Å². The van der Waals surface area contributed by atoms with E-state index in [1.54, 1.807) is 26.0 Å². The Labute approximate surface area is 158 Å². The fourth-order valence-corrected chi connectivity index (χ4v) is 2.69. The van der Waals surface area contributed by atoms with Gasteiger partial charge in [-0.2, -0.15) is 0 Å². The smallest absolute Gasteiger partial charge is 0.361 e. The van der Waals surface area contributed by atoms with Crippen LogP contribution >= 0.6 is 0 Å². The molecule has 1 aromatic heterocycles. The molecule has 2 aromatic carbocycles. The molecule has 0 saturated heterocycles. The van der Waals surface area contributed by atoms with Crippen molar-refractivity contribution in [3.63, 3.8) is 0 Å². The first-order valence-corrected chi connectivity index (χ1v) is 8.72. The number of aromatic nitrogens is 1. The number of rotatable bonds is 5. The number of carbonyl (C=O) groups is 2. The lowest BCUT2D eigenvalue weighted by Crippen LogP contribution is -2.25. The fourth-order valence-electron chi connectivity index (χ4n) is 2.69. The van der Waals surface area contributed by atoms with Gasteiger partial charge in [-0.05, 0) is 57.0 Å². The molecule has 3 aromatic rings. The molecule has 3 rings (SSSR count). The summed E-state index contributed by atoms with van der Waals surface area (Å²) in [5.74, 6) is -0.239. The second-order valence-electron chi connectivity index (χ2n) is 6.50. The van der Waals surface area contributed by atoms with Crippen LogP contribution in [0.3, 0.4) is 0 Å². The first-order valence-electron chi connectivity index (χ1n) is 8.72. The molecule has 0 bridgehead atoms. The summed E-state index contributed by atoms with van der Waals surface area (Å²) in [5, 5.41) is 0. The van der Waals surface area contributed by atoms with Gasteiger partial charge in [0, 0.05) is 11.1 Å². The number of aryl methyl sites for hydroxylation is 3. The molecule has 0 fully saturated rings. The van der Waals surface area contributed by atoms with Crippen molar-refractivity contribution in [2.45, 2.75) is 33.8 Å². The van der Waals surface area contributed by atoms with Gasteiger partial charge in [0.05, 0.1) is 0 Å². The van der Waals surface area contributed by atoms with E-state index in [2.05, 4.69) is 4.98 Å². The summed E-state index contributed by atoms with van der Waals surface area (Å²) in [6.07, 6.45) is -0.920. The molecule has 5 heteroatoms. The Hall–Kier alpha value is -3.21. The zero-order valence-corrected chi connectivity index (χ0v) is 15.8. The summed E-state index contributed by atoms with van der Waals surface area (Å²) >= 11 is 0. The average molecular weight is 363 g/mol. The minimum Gasteiger partial charge on any atom is -0.449 e. The van der Waals surface area contributed by atoms with Gasteiger partial charge >= 0.3 is 5.97 Å². The van der Waals surface area contributed by atoms with E-state index in [4.69, 9.17) is 9.15 Å². The Morgan fingerprint density at radius 2 is 1.70 bits per heavy atom. The van der Waals surface area contributed by atoms with Crippen molar-refractivity contribution in [2.75, 3.05) is 0 Å². The summed E-state index contributed by atoms with van der Waals surface area (Å²) < 4.78 is 10.9. The quantitative estimate of drug-likeness (QED) is 0.486. The van der Waals surface area contributed by atoms with Gasteiger partial charge < -0.3 is 9.15 Å². The molecule has 0 aliphatic carbocycles. The third-order valence-corrected chi connectivity index (χ3v) is 4.46. The maximum Gasteiger partial charge on any atom is 0.361 e. The minimum atomic E-state index is -0.920. The predicted octanol–water partition coefficient (Wildman–Crippen LogP) is 4.70. The summed E-state index contributed by atoms with van der Waals surface area (Å²) in [7, 11) is 0. The standard InChI is InChI=1S/C22H21NO4/c1-13-10-11-18(12-14(13)2)20(24)16(4)27-22(25)19-15(3)26-21(23-19)17-8-6-5-7-9-17/h5-12,16H,1-4H3/t16-/m0/s1. The molecule has 1 atom stereocenters. The number of hydrogen-bond acceptors (Lipinski definition) is 5. The first kappa shape index (κ1) is 18.6. The number of esters is 1. The van der Waals surface area contributed by atoms with Crippen molar-refractivity contribution >= 4 is 11.8 Å². The highest BCUT2D eigenvalue weighted by molar-refractivity contribution is 6.01. The van der Waals surface area contributed by atoms with E-state index in [-0.39, 0.29) is 11.5 Å². The average Bonchev–Trinajstić information content (AvgIpc) is 3.06. The molecule has 0 aliphatic heterocycles. The van der Waals surface area contributed by atoms with E-state index in [1.807, 2.05) is 50.2 Å². The van der Waals surface area contributed by atoms with E-state index in [1.165, 1.54) is 0 Å². The first-order chi connectivity index (χ1) is 12.9. The van der Waals surface area contributed by atoms with Crippen LogP contribution in [0.4, 0.5) is 0 Å². The SMILES string of the molecule is Cc1ccc(C(=O)[C@H](C)OC(=O)c2nc(-c3ccccc3)oc2C)cc1C. The Kier molecular flexibility index (Phi) is 5.21. The van der Waals surface area contributed by atoms with Gasteiger partial charge in [0.2, 0.25) is 11.7 Å². The molecule has 5 nitrogen and oxygen atoms in total. The maximum atomic E-state index is 12.6. The maximum absolute atomic E-state index is 12.6. The summed E-state index contributed by atoms with van der Waals surface area (Å²) in [6, 6.07) is 14.7. The lowest BCUT2D eigenvalue weighted by molar-refractivity contribution is 0.0312. The lowest BCUT2D eigenvalue weighted by Gasteiger charge is -2.12. The monoisotopic (exact) mass is 363 g/mol. The molecular weight excluding hydrogens is 342 g/mol. The van der Waals surface area contributed by atoms with Crippen LogP contribution in [0.1, 0.15) is 44.7 Å². The number of ketones is 1.